The molecule has 1 N–H and O–H groups in total. The Bertz CT molecular complexity index is 312. The molecule has 0 radical (unpaired) electrons. The third kappa shape index (κ3) is 1.79. The van der Waals surface area contributed by atoms with Gasteiger partial charge in [-0.3, -0.25) is 0 Å². The van der Waals surface area contributed by atoms with Gasteiger partial charge in [0.15, 0.2) is 0 Å². The fourth-order valence-electron chi connectivity index (χ4n) is 1.54. The fourth-order valence-corrected chi connectivity index (χ4v) is 1.74. The lowest BCUT2D eigenvalue weighted by atomic mass is 10.0. The zero-order chi connectivity index (χ0) is 9.26. The number of aliphatic hydroxyl groups excluding tert-OH is 1. The van der Waals surface area contributed by atoms with Crippen LogP contribution in [0.1, 0.15) is 12.0 Å². The summed E-state index contributed by atoms with van der Waals surface area (Å²) in [5.41, 5.74) is 1.14. The molecule has 13 heavy (non-hydrogen) atoms. The minimum atomic E-state index is -0.0475. The van der Waals surface area contributed by atoms with Crippen LogP contribution in [0.2, 0.25) is 5.02 Å². The Hall–Kier alpha value is -0.730. The van der Waals surface area contributed by atoms with E-state index >= 15 is 0 Å². The molecule has 0 bridgehead atoms. The first-order valence-corrected chi connectivity index (χ1v) is 4.73. The molecule has 0 saturated heterocycles. The number of halogens is 1. The van der Waals surface area contributed by atoms with Gasteiger partial charge < -0.3 is 9.84 Å². The smallest absolute Gasteiger partial charge is 0.123 e. The molecule has 0 aromatic heterocycles. The SMILES string of the molecule is OC[C@@H]1CCc2cc(Cl)ccc2O1. The van der Waals surface area contributed by atoms with Gasteiger partial charge in [-0.15, -0.1) is 0 Å². The van der Waals surface area contributed by atoms with Crippen LogP contribution in [0.4, 0.5) is 0 Å². The highest BCUT2D eigenvalue weighted by molar-refractivity contribution is 6.30. The Labute approximate surface area is 82.1 Å². The molecular formula is C10H11ClO2. The highest BCUT2D eigenvalue weighted by Crippen LogP contribution is 2.29. The van der Waals surface area contributed by atoms with E-state index in [2.05, 4.69) is 0 Å². The number of benzene rings is 1. The molecule has 0 fully saturated rings. The summed E-state index contributed by atoms with van der Waals surface area (Å²) in [5.74, 6) is 0.856. The van der Waals surface area contributed by atoms with Crippen molar-refractivity contribution in [2.24, 2.45) is 0 Å². The Morgan fingerprint density at radius 2 is 2.38 bits per heavy atom. The average molecular weight is 199 g/mol. The molecule has 0 unspecified atom stereocenters. The number of ether oxygens (including phenoxy) is 1. The van der Waals surface area contributed by atoms with E-state index < -0.39 is 0 Å². The predicted molar refractivity (Wildman–Crippen MR) is 51.3 cm³/mol. The van der Waals surface area contributed by atoms with Crippen molar-refractivity contribution in [3.8, 4) is 5.75 Å². The van der Waals surface area contributed by atoms with Crippen LogP contribution in [0.3, 0.4) is 0 Å². The highest BCUT2D eigenvalue weighted by Gasteiger charge is 2.18. The molecular weight excluding hydrogens is 188 g/mol. The maximum absolute atomic E-state index is 8.92. The van der Waals surface area contributed by atoms with Crippen LogP contribution >= 0.6 is 11.6 Å². The van der Waals surface area contributed by atoms with Gasteiger partial charge in [0.2, 0.25) is 0 Å². The molecule has 1 aromatic rings. The van der Waals surface area contributed by atoms with Crippen LogP contribution in [-0.4, -0.2) is 17.8 Å². The lowest BCUT2D eigenvalue weighted by Crippen LogP contribution is -2.25. The number of fused-ring (bicyclic) bond motifs is 1. The van der Waals surface area contributed by atoms with Gasteiger partial charge in [-0.1, -0.05) is 11.6 Å². The molecule has 1 aliphatic heterocycles. The molecule has 2 nitrogen and oxygen atoms in total. The Kier molecular flexibility index (Phi) is 2.42. The van der Waals surface area contributed by atoms with Crippen LogP contribution in [-0.2, 0) is 6.42 Å². The zero-order valence-electron chi connectivity index (χ0n) is 7.16. The number of hydrogen-bond donors (Lipinski definition) is 1. The summed E-state index contributed by atoms with van der Waals surface area (Å²) in [4.78, 5) is 0. The third-order valence-electron chi connectivity index (χ3n) is 2.26. The van der Waals surface area contributed by atoms with Crippen molar-refractivity contribution >= 4 is 11.6 Å². The van der Waals surface area contributed by atoms with Crippen molar-refractivity contribution < 1.29 is 9.84 Å². The summed E-state index contributed by atoms with van der Waals surface area (Å²) in [5, 5.41) is 9.66. The molecule has 1 heterocycles. The fraction of sp³-hybridized carbons (Fsp3) is 0.400. The molecule has 1 aromatic carbocycles. The lowest BCUT2D eigenvalue weighted by Gasteiger charge is -2.24. The molecule has 0 amide bonds. The quantitative estimate of drug-likeness (QED) is 0.748. The number of hydrogen-bond acceptors (Lipinski definition) is 2. The molecule has 0 spiro atoms. The van der Waals surface area contributed by atoms with Crippen molar-refractivity contribution in [3.05, 3.63) is 28.8 Å². The van der Waals surface area contributed by atoms with Gasteiger partial charge in [0.25, 0.3) is 0 Å². The Balaban J connectivity index is 2.26. The zero-order valence-corrected chi connectivity index (χ0v) is 7.92. The van der Waals surface area contributed by atoms with Gasteiger partial charge in [0.05, 0.1) is 6.61 Å². The van der Waals surface area contributed by atoms with Crippen LogP contribution < -0.4 is 4.74 Å². The van der Waals surface area contributed by atoms with Crippen LogP contribution in [0.15, 0.2) is 18.2 Å². The van der Waals surface area contributed by atoms with E-state index in [0.29, 0.717) is 0 Å². The topological polar surface area (TPSA) is 29.5 Å². The van der Waals surface area contributed by atoms with Crippen molar-refractivity contribution in [1.29, 1.82) is 0 Å². The van der Waals surface area contributed by atoms with Gasteiger partial charge in [-0.05, 0) is 36.6 Å². The van der Waals surface area contributed by atoms with E-state index in [1.807, 2.05) is 12.1 Å². The largest absolute Gasteiger partial charge is 0.488 e. The van der Waals surface area contributed by atoms with Crippen molar-refractivity contribution in [2.45, 2.75) is 18.9 Å². The van der Waals surface area contributed by atoms with Crippen LogP contribution in [0.25, 0.3) is 0 Å². The maximum atomic E-state index is 8.92. The summed E-state index contributed by atoms with van der Waals surface area (Å²) in [6.07, 6.45) is 1.75. The standard InChI is InChI=1S/C10H11ClO2/c11-8-2-4-10-7(5-8)1-3-9(6-12)13-10/h2,4-5,9,12H,1,3,6H2/t9-/m0/s1. The molecule has 0 aliphatic carbocycles. The second-order valence-electron chi connectivity index (χ2n) is 3.21. The van der Waals surface area contributed by atoms with Crippen molar-refractivity contribution in [1.82, 2.24) is 0 Å². The number of aliphatic hydroxyl groups is 1. The van der Waals surface area contributed by atoms with Crippen LogP contribution in [0, 0.1) is 0 Å². The third-order valence-corrected chi connectivity index (χ3v) is 2.49. The van der Waals surface area contributed by atoms with Crippen molar-refractivity contribution in [3.63, 3.8) is 0 Å². The first-order chi connectivity index (χ1) is 6.29. The maximum Gasteiger partial charge on any atom is 0.123 e. The van der Waals surface area contributed by atoms with E-state index in [1.54, 1.807) is 6.07 Å². The van der Waals surface area contributed by atoms with Gasteiger partial charge in [0, 0.05) is 5.02 Å². The normalized spacial score (nSPS) is 20.6. The summed E-state index contributed by atoms with van der Waals surface area (Å²) in [7, 11) is 0. The highest BCUT2D eigenvalue weighted by atomic mass is 35.5. The molecule has 1 aliphatic rings. The summed E-state index contributed by atoms with van der Waals surface area (Å²) < 4.78 is 5.53. The second kappa shape index (κ2) is 3.56. The van der Waals surface area contributed by atoms with Crippen molar-refractivity contribution in [2.75, 3.05) is 6.61 Å². The average Bonchev–Trinajstić information content (AvgIpc) is 2.17. The van der Waals surface area contributed by atoms with E-state index in [4.69, 9.17) is 21.4 Å². The molecule has 3 heteroatoms. The Morgan fingerprint density at radius 1 is 1.54 bits per heavy atom. The van der Waals surface area contributed by atoms with E-state index in [-0.39, 0.29) is 12.7 Å². The molecule has 1 atom stereocenters. The summed E-state index contributed by atoms with van der Waals surface area (Å²) >= 11 is 5.84. The first-order valence-electron chi connectivity index (χ1n) is 4.35. The van der Waals surface area contributed by atoms with Gasteiger partial charge in [-0.2, -0.15) is 0 Å². The molecule has 2 rings (SSSR count). The lowest BCUT2D eigenvalue weighted by molar-refractivity contribution is 0.0978. The van der Waals surface area contributed by atoms with E-state index in [9.17, 15) is 0 Å². The number of aryl methyl sites for hydroxylation is 1. The van der Waals surface area contributed by atoms with E-state index in [0.717, 1.165) is 29.2 Å². The van der Waals surface area contributed by atoms with Gasteiger partial charge >= 0.3 is 0 Å². The van der Waals surface area contributed by atoms with Gasteiger partial charge in [-0.25, -0.2) is 0 Å². The van der Waals surface area contributed by atoms with Crippen LogP contribution in [0.5, 0.6) is 5.75 Å². The molecule has 70 valence electrons. The number of rotatable bonds is 1. The second-order valence-corrected chi connectivity index (χ2v) is 3.65. The van der Waals surface area contributed by atoms with Gasteiger partial charge in [0.1, 0.15) is 11.9 Å². The predicted octanol–water partition coefficient (Wildman–Crippen LogP) is 2.03. The summed E-state index contributed by atoms with van der Waals surface area (Å²) in [6.45, 7) is 0.0854. The minimum absolute atomic E-state index is 0.0475. The van der Waals surface area contributed by atoms with E-state index in [1.165, 1.54) is 0 Å². The molecule has 0 saturated carbocycles. The first kappa shape index (κ1) is 8.85. The Morgan fingerprint density at radius 3 is 3.15 bits per heavy atom. The monoisotopic (exact) mass is 198 g/mol. The summed E-state index contributed by atoms with van der Waals surface area (Å²) in [6, 6.07) is 5.59. The minimum Gasteiger partial charge on any atom is -0.488 e.